The second kappa shape index (κ2) is 6.90. The van der Waals surface area contributed by atoms with Gasteiger partial charge in [0.05, 0.1) is 0 Å². The normalized spacial score (nSPS) is 10.4. The summed E-state index contributed by atoms with van der Waals surface area (Å²) >= 11 is 0. The van der Waals surface area contributed by atoms with E-state index in [9.17, 15) is 9.90 Å². The highest BCUT2D eigenvalue weighted by atomic mass is 16.3. The maximum absolute atomic E-state index is 12.3. The van der Waals surface area contributed by atoms with Gasteiger partial charge in [-0.2, -0.15) is 0 Å². The van der Waals surface area contributed by atoms with Crippen LogP contribution >= 0.6 is 0 Å². The Kier molecular flexibility index (Phi) is 4.95. The van der Waals surface area contributed by atoms with Crippen molar-refractivity contribution >= 4 is 11.6 Å². The zero-order chi connectivity index (χ0) is 15.2. The summed E-state index contributed by atoms with van der Waals surface area (Å²) in [6, 6.07) is 12.7. The van der Waals surface area contributed by atoms with Gasteiger partial charge in [-0.1, -0.05) is 18.2 Å². The van der Waals surface area contributed by atoms with Crippen molar-refractivity contribution in [2.75, 3.05) is 11.9 Å². The number of hydrogen-bond acceptors (Lipinski definition) is 3. The second-order valence-corrected chi connectivity index (χ2v) is 5.00. The number of nitrogens with two attached hydrogens (primary N) is 1. The first-order valence-electron chi connectivity index (χ1n) is 7.00. The van der Waals surface area contributed by atoms with Crippen LogP contribution < -0.4 is 11.1 Å². The van der Waals surface area contributed by atoms with Crippen LogP contribution in [0.2, 0.25) is 0 Å². The molecular formula is C17H20N2O2. The largest absolute Gasteiger partial charge is 0.508 e. The van der Waals surface area contributed by atoms with Gasteiger partial charge in [0.15, 0.2) is 0 Å². The predicted octanol–water partition coefficient (Wildman–Crippen LogP) is 2.84. The highest BCUT2D eigenvalue weighted by Gasteiger charge is 2.11. The number of rotatable bonds is 5. The van der Waals surface area contributed by atoms with Crippen LogP contribution in [0.3, 0.4) is 0 Å². The molecule has 0 heterocycles. The van der Waals surface area contributed by atoms with E-state index in [0.29, 0.717) is 17.7 Å². The van der Waals surface area contributed by atoms with Gasteiger partial charge in [0.25, 0.3) is 5.91 Å². The van der Waals surface area contributed by atoms with Crippen LogP contribution in [0.1, 0.15) is 27.9 Å². The summed E-state index contributed by atoms with van der Waals surface area (Å²) in [5.74, 6) is -0.0984. The predicted molar refractivity (Wildman–Crippen MR) is 84.6 cm³/mol. The minimum absolute atomic E-state index is 0.124. The van der Waals surface area contributed by atoms with E-state index in [1.807, 2.05) is 24.3 Å². The lowest BCUT2D eigenvalue weighted by Gasteiger charge is -2.10. The molecule has 0 fully saturated rings. The summed E-state index contributed by atoms with van der Waals surface area (Å²) < 4.78 is 0. The number of benzene rings is 2. The molecule has 0 atom stereocenters. The molecule has 0 aliphatic rings. The minimum atomic E-state index is -0.223. The Labute approximate surface area is 124 Å². The number of carbonyl (C=O) groups excluding carboxylic acids is 1. The van der Waals surface area contributed by atoms with Gasteiger partial charge in [0, 0.05) is 16.8 Å². The number of anilines is 1. The van der Waals surface area contributed by atoms with Gasteiger partial charge in [0.1, 0.15) is 5.75 Å². The Morgan fingerprint density at radius 3 is 2.76 bits per heavy atom. The van der Waals surface area contributed by atoms with Crippen LogP contribution in [0.4, 0.5) is 5.69 Å². The molecule has 2 aromatic rings. The summed E-state index contributed by atoms with van der Waals surface area (Å²) in [4.78, 5) is 12.3. The topological polar surface area (TPSA) is 75.3 Å². The third-order valence-corrected chi connectivity index (χ3v) is 3.40. The van der Waals surface area contributed by atoms with E-state index in [4.69, 9.17) is 5.73 Å². The molecule has 2 rings (SSSR count). The van der Waals surface area contributed by atoms with Crippen LogP contribution in [0, 0.1) is 6.92 Å². The SMILES string of the molecule is Cc1c(O)cccc1C(=O)Nc1cccc(CCCN)c1. The number of nitrogens with one attached hydrogen (secondary N) is 1. The van der Waals surface area contributed by atoms with Crippen LogP contribution in [0.5, 0.6) is 5.75 Å². The van der Waals surface area contributed by atoms with Crippen LogP contribution in [-0.2, 0) is 6.42 Å². The monoisotopic (exact) mass is 284 g/mol. The van der Waals surface area contributed by atoms with Gasteiger partial charge in [-0.25, -0.2) is 0 Å². The first kappa shape index (κ1) is 15.1. The van der Waals surface area contributed by atoms with Crippen LogP contribution in [-0.4, -0.2) is 17.6 Å². The van der Waals surface area contributed by atoms with Gasteiger partial charge in [-0.05, 0) is 56.1 Å². The number of phenols is 1. The van der Waals surface area contributed by atoms with Crippen molar-refractivity contribution < 1.29 is 9.90 Å². The van der Waals surface area contributed by atoms with Crippen molar-refractivity contribution in [1.82, 2.24) is 0 Å². The molecule has 110 valence electrons. The van der Waals surface area contributed by atoms with Gasteiger partial charge >= 0.3 is 0 Å². The molecule has 1 amide bonds. The highest BCUT2D eigenvalue weighted by Crippen LogP contribution is 2.21. The molecule has 4 heteroatoms. The lowest BCUT2D eigenvalue weighted by molar-refractivity contribution is 0.102. The van der Waals surface area contributed by atoms with Gasteiger partial charge < -0.3 is 16.2 Å². The van der Waals surface area contributed by atoms with E-state index < -0.39 is 0 Å². The lowest BCUT2D eigenvalue weighted by atomic mass is 10.1. The Morgan fingerprint density at radius 1 is 1.24 bits per heavy atom. The quantitative estimate of drug-likeness (QED) is 0.790. The Hall–Kier alpha value is -2.33. The van der Waals surface area contributed by atoms with E-state index in [1.165, 1.54) is 0 Å². The van der Waals surface area contributed by atoms with Crippen molar-refractivity contribution in [2.45, 2.75) is 19.8 Å². The average Bonchev–Trinajstić information content (AvgIpc) is 2.48. The van der Waals surface area contributed by atoms with Crippen molar-refractivity contribution in [2.24, 2.45) is 5.73 Å². The Morgan fingerprint density at radius 2 is 2.00 bits per heavy atom. The molecule has 0 spiro atoms. The van der Waals surface area contributed by atoms with Gasteiger partial charge in [-0.15, -0.1) is 0 Å². The minimum Gasteiger partial charge on any atom is -0.508 e. The van der Waals surface area contributed by atoms with Crippen molar-refractivity contribution in [3.05, 3.63) is 59.2 Å². The number of amides is 1. The summed E-state index contributed by atoms with van der Waals surface area (Å²) in [5, 5.41) is 12.5. The highest BCUT2D eigenvalue weighted by molar-refractivity contribution is 6.05. The van der Waals surface area contributed by atoms with E-state index in [0.717, 1.165) is 24.1 Å². The molecule has 0 aliphatic carbocycles. The summed E-state index contributed by atoms with van der Waals surface area (Å²) in [6.45, 7) is 2.38. The summed E-state index contributed by atoms with van der Waals surface area (Å²) in [5.41, 5.74) is 8.45. The fourth-order valence-electron chi connectivity index (χ4n) is 2.18. The smallest absolute Gasteiger partial charge is 0.256 e. The van der Waals surface area contributed by atoms with Gasteiger partial charge in [0.2, 0.25) is 0 Å². The molecule has 4 nitrogen and oxygen atoms in total. The molecular weight excluding hydrogens is 264 g/mol. The average molecular weight is 284 g/mol. The molecule has 0 aliphatic heterocycles. The molecule has 0 saturated carbocycles. The Bertz CT molecular complexity index is 638. The van der Waals surface area contributed by atoms with E-state index in [1.54, 1.807) is 25.1 Å². The van der Waals surface area contributed by atoms with Crippen molar-refractivity contribution in [3.63, 3.8) is 0 Å². The molecule has 0 radical (unpaired) electrons. The summed E-state index contributed by atoms with van der Waals surface area (Å²) in [6.07, 6.45) is 1.81. The number of aromatic hydroxyl groups is 1. The zero-order valence-electron chi connectivity index (χ0n) is 12.1. The molecule has 0 bridgehead atoms. The maximum atomic E-state index is 12.3. The maximum Gasteiger partial charge on any atom is 0.256 e. The van der Waals surface area contributed by atoms with Gasteiger partial charge in [-0.3, -0.25) is 4.79 Å². The fraction of sp³-hybridized carbons (Fsp3) is 0.235. The van der Waals surface area contributed by atoms with E-state index >= 15 is 0 Å². The molecule has 4 N–H and O–H groups in total. The molecule has 0 aromatic heterocycles. The molecule has 2 aromatic carbocycles. The second-order valence-electron chi connectivity index (χ2n) is 5.00. The summed E-state index contributed by atoms with van der Waals surface area (Å²) in [7, 11) is 0. The molecule has 0 saturated heterocycles. The number of hydrogen-bond donors (Lipinski definition) is 3. The first-order chi connectivity index (χ1) is 10.1. The third kappa shape index (κ3) is 3.83. The third-order valence-electron chi connectivity index (χ3n) is 3.40. The standard InChI is InChI=1S/C17H20N2O2/c1-12-15(8-3-9-16(12)20)17(21)19-14-7-2-5-13(11-14)6-4-10-18/h2-3,5,7-9,11,20H,4,6,10,18H2,1H3,(H,19,21). The lowest BCUT2D eigenvalue weighted by Crippen LogP contribution is -2.13. The van der Waals surface area contributed by atoms with Crippen LogP contribution in [0.25, 0.3) is 0 Å². The fourth-order valence-corrected chi connectivity index (χ4v) is 2.18. The Balaban J connectivity index is 2.14. The van der Waals surface area contributed by atoms with E-state index in [-0.39, 0.29) is 11.7 Å². The zero-order valence-corrected chi connectivity index (χ0v) is 12.1. The number of carbonyl (C=O) groups is 1. The van der Waals surface area contributed by atoms with E-state index in [2.05, 4.69) is 5.32 Å². The molecule has 21 heavy (non-hydrogen) atoms. The number of aryl methyl sites for hydroxylation is 1. The molecule has 0 unspecified atom stereocenters. The first-order valence-corrected chi connectivity index (χ1v) is 7.00. The van der Waals surface area contributed by atoms with Crippen molar-refractivity contribution in [1.29, 1.82) is 0 Å². The van der Waals surface area contributed by atoms with Crippen molar-refractivity contribution in [3.8, 4) is 5.75 Å². The van der Waals surface area contributed by atoms with Crippen LogP contribution in [0.15, 0.2) is 42.5 Å². The number of phenolic OH excluding ortho intramolecular Hbond substituents is 1.